The third-order valence-electron chi connectivity index (χ3n) is 7.03. The number of aromatic amines is 1. The lowest BCUT2D eigenvalue weighted by Gasteiger charge is -2.25. The van der Waals surface area contributed by atoms with E-state index < -0.39 is 47.9 Å². The zero-order valence-electron chi connectivity index (χ0n) is 22.8. The van der Waals surface area contributed by atoms with Crippen LogP contribution in [0.2, 0.25) is 0 Å². The molecule has 0 bridgehead atoms. The van der Waals surface area contributed by atoms with Crippen LogP contribution in [-0.2, 0) is 32.0 Å². The minimum atomic E-state index is -1.23. The van der Waals surface area contributed by atoms with Crippen molar-refractivity contribution >= 4 is 34.6 Å². The topological polar surface area (TPSA) is 187 Å². The maximum Gasteiger partial charge on any atom is 0.326 e. The van der Waals surface area contributed by atoms with Crippen molar-refractivity contribution in [3.8, 4) is 5.75 Å². The van der Waals surface area contributed by atoms with Crippen molar-refractivity contribution in [3.63, 3.8) is 0 Å². The Kier molecular flexibility index (Phi) is 10.3. The molecule has 3 amide bonds. The first kappa shape index (κ1) is 30.2. The minimum absolute atomic E-state index is 0.0405. The molecule has 214 valence electrons. The molecule has 0 aliphatic carbocycles. The van der Waals surface area contributed by atoms with E-state index in [1.165, 1.54) is 19.1 Å². The summed E-state index contributed by atoms with van der Waals surface area (Å²) in [6.07, 6.45) is 2.50. The van der Waals surface area contributed by atoms with Gasteiger partial charge in [-0.2, -0.15) is 0 Å². The first-order chi connectivity index (χ1) is 19.0. The predicted octanol–water partition coefficient (Wildman–Crippen LogP) is 1.59. The highest BCUT2D eigenvalue weighted by Crippen LogP contribution is 2.19. The number of aromatic nitrogens is 1. The van der Waals surface area contributed by atoms with E-state index in [2.05, 4.69) is 20.9 Å². The predicted molar refractivity (Wildman–Crippen MR) is 150 cm³/mol. The van der Waals surface area contributed by atoms with Crippen LogP contribution >= 0.6 is 0 Å². The number of benzene rings is 2. The molecule has 11 nitrogen and oxygen atoms in total. The van der Waals surface area contributed by atoms with Gasteiger partial charge in [-0.05, 0) is 42.2 Å². The van der Waals surface area contributed by atoms with Crippen LogP contribution in [0.1, 0.15) is 38.3 Å². The Morgan fingerprint density at radius 3 is 2.17 bits per heavy atom. The molecule has 40 heavy (non-hydrogen) atoms. The van der Waals surface area contributed by atoms with Crippen molar-refractivity contribution in [2.75, 3.05) is 0 Å². The minimum Gasteiger partial charge on any atom is -0.508 e. The van der Waals surface area contributed by atoms with Gasteiger partial charge in [-0.3, -0.25) is 14.4 Å². The second kappa shape index (κ2) is 13.6. The number of aliphatic carboxylic acids is 1. The number of nitrogens with one attached hydrogen (secondary N) is 4. The van der Waals surface area contributed by atoms with Gasteiger partial charge in [-0.1, -0.05) is 50.6 Å². The van der Waals surface area contributed by atoms with Crippen molar-refractivity contribution in [1.29, 1.82) is 0 Å². The van der Waals surface area contributed by atoms with Gasteiger partial charge in [-0.25, -0.2) is 4.79 Å². The Bertz CT molecular complexity index is 1340. The lowest BCUT2D eigenvalue weighted by molar-refractivity contribution is -0.142. The van der Waals surface area contributed by atoms with Gasteiger partial charge in [0.15, 0.2) is 0 Å². The number of carbonyl (C=O) groups is 4. The van der Waals surface area contributed by atoms with Gasteiger partial charge in [-0.15, -0.1) is 0 Å². The SMILES string of the molecule is CCC(C)C(N)C(=O)NC(Cc1ccc(O)cc1)C(=O)NC(C)C(=O)NC(Cc1c[nH]c2ccccc12)C(=O)O. The largest absolute Gasteiger partial charge is 0.508 e. The van der Waals surface area contributed by atoms with Crippen molar-refractivity contribution in [3.05, 3.63) is 65.9 Å². The van der Waals surface area contributed by atoms with Gasteiger partial charge in [0.2, 0.25) is 17.7 Å². The number of para-hydroxylation sites is 1. The number of fused-ring (bicyclic) bond motifs is 1. The van der Waals surface area contributed by atoms with Gasteiger partial charge in [0.05, 0.1) is 6.04 Å². The Labute approximate surface area is 232 Å². The summed E-state index contributed by atoms with van der Waals surface area (Å²) in [6, 6.07) is 9.38. The molecule has 5 atom stereocenters. The molecule has 0 saturated heterocycles. The Balaban J connectivity index is 1.69. The molecule has 3 rings (SSSR count). The molecule has 0 spiro atoms. The quantitative estimate of drug-likeness (QED) is 0.168. The van der Waals surface area contributed by atoms with E-state index in [-0.39, 0.29) is 24.5 Å². The number of aromatic hydroxyl groups is 1. The summed E-state index contributed by atoms with van der Waals surface area (Å²) < 4.78 is 0. The Morgan fingerprint density at radius 2 is 1.52 bits per heavy atom. The second-order valence-corrected chi connectivity index (χ2v) is 10.0. The molecular weight excluding hydrogens is 514 g/mol. The molecule has 0 fully saturated rings. The van der Waals surface area contributed by atoms with Crippen LogP contribution in [0, 0.1) is 5.92 Å². The molecule has 11 heteroatoms. The van der Waals surface area contributed by atoms with E-state index in [1.54, 1.807) is 18.3 Å². The lowest BCUT2D eigenvalue weighted by atomic mass is 9.98. The number of nitrogens with two attached hydrogens (primary N) is 1. The monoisotopic (exact) mass is 551 g/mol. The fraction of sp³-hybridized carbons (Fsp3) is 0.379. The van der Waals surface area contributed by atoms with E-state index in [0.717, 1.165) is 16.5 Å². The first-order valence-corrected chi connectivity index (χ1v) is 13.2. The third-order valence-corrected chi connectivity index (χ3v) is 7.03. The smallest absolute Gasteiger partial charge is 0.326 e. The van der Waals surface area contributed by atoms with Gasteiger partial charge in [0, 0.05) is 29.9 Å². The van der Waals surface area contributed by atoms with Crippen molar-refractivity contribution in [2.45, 2.75) is 64.2 Å². The summed E-state index contributed by atoms with van der Waals surface area (Å²) >= 11 is 0. The number of rotatable bonds is 13. The second-order valence-electron chi connectivity index (χ2n) is 10.0. The van der Waals surface area contributed by atoms with Crippen LogP contribution in [0.15, 0.2) is 54.7 Å². The molecule has 0 radical (unpaired) electrons. The summed E-state index contributed by atoms with van der Waals surface area (Å²) in [6.45, 7) is 5.17. The third kappa shape index (κ3) is 7.82. The zero-order chi connectivity index (χ0) is 29.4. The Morgan fingerprint density at radius 1 is 0.875 bits per heavy atom. The van der Waals surface area contributed by atoms with Crippen molar-refractivity contribution < 1.29 is 29.4 Å². The molecule has 3 aromatic rings. The van der Waals surface area contributed by atoms with Gasteiger partial charge in [0.1, 0.15) is 23.9 Å². The number of hydrogen-bond donors (Lipinski definition) is 7. The van der Waals surface area contributed by atoms with Gasteiger partial charge >= 0.3 is 5.97 Å². The van der Waals surface area contributed by atoms with Crippen LogP contribution in [-0.4, -0.2) is 63.1 Å². The number of carbonyl (C=O) groups excluding carboxylic acids is 3. The maximum absolute atomic E-state index is 13.2. The van der Waals surface area contributed by atoms with Gasteiger partial charge < -0.3 is 36.9 Å². The highest BCUT2D eigenvalue weighted by Gasteiger charge is 2.30. The first-order valence-electron chi connectivity index (χ1n) is 13.2. The number of hydrogen-bond acceptors (Lipinski definition) is 6. The number of carboxylic acids is 1. The standard InChI is InChI=1S/C29H37N5O6/c1-4-16(2)25(30)28(38)33-23(13-18-9-11-20(35)12-10-18)27(37)32-17(3)26(36)34-24(29(39)40)14-19-15-31-22-8-6-5-7-21(19)22/h5-12,15-17,23-25,31,35H,4,13-14,30H2,1-3H3,(H,32,37)(H,33,38)(H,34,36)(H,39,40). The summed E-state index contributed by atoms with van der Waals surface area (Å²) in [7, 11) is 0. The summed E-state index contributed by atoms with van der Waals surface area (Å²) in [5.41, 5.74) is 8.30. The highest BCUT2D eigenvalue weighted by atomic mass is 16.4. The lowest BCUT2D eigenvalue weighted by Crippen LogP contribution is -2.57. The number of carboxylic acid groups (broad SMARTS) is 1. The molecule has 2 aromatic carbocycles. The number of H-pyrrole nitrogens is 1. The Hall–Kier alpha value is -4.38. The van der Waals surface area contributed by atoms with Crippen molar-refractivity contribution in [2.24, 2.45) is 11.7 Å². The fourth-order valence-corrected chi connectivity index (χ4v) is 4.25. The zero-order valence-corrected chi connectivity index (χ0v) is 22.8. The van der Waals surface area contributed by atoms with Crippen LogP contribution in [0.25, 0.3) is 10.9 Å². The number of amides is 3. The maximum atomic E-state index is 13.2. The molecule has 0 aliphatic heterocycles. The summed E-state index contributed by atoms with van der Waals surface area (Å²) in [5.74, 6) is -3.11. The number of phenolic OH excluding ortho intramolecular Hbond substituents is 1. The number of phenols is 1. The van der Waals surface area contributed by atoms with Crippen LogP contribution in [0.4, 0.5) is 0 Å². The average Bonchev–Trinajstić information content (AvgIpc) is 3.34. The van der Waals surface area contributed by atoms with Crippen LogP contribution < -0.4 is 21.7 Å². The van der Waals surface area contributed by atoms with E-state index in [1.807, 2.05) is 38.1 Å². The molecule has 5 unspecified atom stereocenters. The van der Waals surface area contributed by atoms with E-state index in [9.17, 15) is 29.4 Å². The molecule has 0 aliphatic rings. The van der Waals surface area contributed by atoms with Crippen LogP contribution in [0.3, 0.4) is 0 Å². The molecule has 1 heterocycles. The summed E-state index contributed by atoms with van der Waals surface area (Å²) in [5, 5.41) is 27.9. The average molecular weight is 552 g/mol. The molecular formula is C29H37N5O6. The van der Waals surface area contributed by atoms with Gasteiger partial charge in [0.25, 0.3) is 0 Å². The fourth-order valence-electron chi connectivity index (χ4n) is 4.25. The normalized spacial score (nSPS) is 14.9. The van der Waals surface area contributed by atoms with E-state index in [4.69, 9.17) is 5.73 Å². The summed E-state index contributed by atoms with van der Waals surface area (Å²) in [4.78, 5) is 54.0. The van der Waals surface area contributed by atoms with E-state index in [0.29, 0.717) is 12.0 Å². The van der Waals surface area contributed by atoms with Crippen molar-refractivity contribution in [1.82, 2.24) is 20.9 Å². The molecule has 0 saturated carbocycles. The van der Waals surface area contributed by atoms with Crippen LogP contribution in [0.5, 0.6) is 5.75 Å². The molecule has 8 N–H and O–H groups in total. The highest BCUT2D eigenvalue weighted by molar-refractivity contribution is 5.94. The molecule has 1 aromatic heterocycles. The van der Waals surface area contributed by atoms with E-state index >= 15 is 0 Å².